The van der Waals surface area contributed by atoms with Gasteiger partial charge in [-0.05, 0) is 25.0 Å². The van der Waals surface area contributed by atoms with Crippen LogP contribution < -0.4 is 5.32 Å². The molecule has 0 radical (unpaired) electrons. The number of rotatable bonds is 4. The number of carbonyl (C=O) groups excluding carboxylic acids is 2. The van der Waals surface area contributed by atoms with Crippen molar-refractivity contribution in [1.29, 1.82) is 0 Å². The number of amidine groups is 1. The largest absolute Gasteiger partial charge is 0.442 e. The Labute approximate surface area is 182 Å². The number of amides is 2. The monoisotopic (exact) mass is 447 g/mol. The van der Waals surface area contributed by atoms with Gasteiger partial charge in [0.1, 0.15) is 11.7 Å². The van der Waals surface area contributed by atoms with E-state index in [-0.39, 0.29) is 5.84 Å². The molecule has 4 rings (SSSR count). The van der Waals surface area contributed by atoms with Gasteiger partial charge in [-0.2, -0.15) is 13.2 Å². The van der Waals surface area contributed by atoms with Crippen LogP contribution in [0.3, 0.4) is 0 Å². The molecule has 2 amide bonds. The minimum absolute atomic E-state index is 0.145. The third kappa shape index (κ3) is 3.76. The molecule has 168 valence electrons. The molecule has 32 heavy (non-hydrogen) atoms. The van der Waals surface area contributed by atoms with Gasteiger partial charge in [0.05, 0.1) is 5.56 Å². The van der Waals surface area contributed by atoms with Gasteiger partial charge >= 0.3 is 11.8 Å². The maximum atomic E-state index is 14.4. The summed E-state index contributed by atoms with van der Waals surface area (Å²) in [4.78, 5) is 30.9. The average molecular weight is 447 g/mol. The molecular weight excluding hydrogens is 426 g/mol. The number of halogens is 4. The topological polar surface area (TPSA) is 61.8 Å². The van der Waals surface area contributed by atoms with Crippen molar-refractivity contribution in [1.82, 2.24) is 10.2 Å². The second-order valence-corrected chi connectivity index (χ2v) is 7.91. The summed E-state index contributed by atoms with van der Waals surface area (Å²) in [5, 5.41) is 1.73. The van der Waals surface area contributed by atoms with Crippen molar-refractivity contribution in [2.75, 3.05) is 0 Å². The summed E-state index contributed by atoms with van der Waals surface area (Å²) < 4.78 is 57.3. The normalized spacial score (nSPS) is 22.1. The fourth-order valence-corrected chi connectivity index (χ4v) is 4.21. The molecule has 2 aliphatic rings. The van der Waals surface area contributed by atoms with Crippen LogP contribution >= 0.6 is 0 Å². The standard InChI is InChI=1S/C23H21F4N3O2/c24-18-14-8-7-13-17(18)20(31)29-22(23(25,26)27)21(32)30(16-11-5-2-6-12-16)19(28-22)15-9-3-1-4-10-15/h1,3-4,7-10,13-14,16H,2,5-6,11-12H2,(H,29,31)/t22-/m1/s1. The lowest BCUT2D eigenvalue weighted by atomic mass is 9.93. The number of hydrogen-bond acceptors (Lipinski definition) is 3. The number of carbonyl (C=O) groups is 2. The Morgan fingerprint density at radius 3 is 2.25 bits per heavy atom. The number of aliphatic imine (C=N–C) groups is 1. The summed E-state index contributed by atoms with van der Waals surface area (Å²) in [6.45, 7) is 0. The summed E-state index contributed by atoms with van der Waals surface area (Å²) >= 11 is 0. The van der Waals surface area contributed by atoms with Gasteiger partial charge in [0.2, 0.25) is 0 Å². The summed E-state index contributed by atoms with van der Waals surface area (Å²) in [5.74, 6) is -3.88. The van der Waals surface area contributed by atoms with Crippen LogP contribution in [0.2, 0.25) is 0 Å². The van der Waals surface area contributed by atoms with Crippen molar-refractivity contribution < 1.29 is 27.2 Å². The number of nitrogens with one attached hydrogen (secondary N) is 1. The first kappa shape index (κ1) is 22.0. The average Bonchev–Trinajstić information content (AvgIpc) is 3.08. The van der Waals surface area contributed by atoms with E-state index in [4.69, 9.17) is 0 Å². The number of nitrogens with zero attached hydrogens (tertiary/aromatic N) is 2. The SMILES string of the molecule is O=C(N[C@]1(C(F)(F)F)N=C(c2ccccc2)N(C2CCCCC2)C1=O)c1ccccc1F. The first-order valence-corrected chi connectivity index (χ1v) is 10.4. The molecule has 1 fully saturated rings. The van der Waals surface area contributed by atoms with Crippen molar-refractivity contribution in [2.24, 2.45) is 4.99 Å². The number of hydrogen-bond donors (Lipinski definition) is 1. The van der Waals surface area contributed by atoms with Crippen LogP contribution in [-0.4, -0.2) is 40.4 Å². The Balaban J connectivity index is 1.82. The van der Waals surface area contributed by atoms with Gasteiger partial charge in [0.25, 0.3) is 11.8 Å². The van der Waals surface area contributed by atoms with Gasteiger partial charge in [-0.15, -0.1) is 0 Å². The maximum Gasteiger partial charge on any atom is 0.442 e. The van der Waals surface area contributed by atoms with Crippen molar-refractivity contribution in [3.8, 4) is 0 Å². The molecule has 1 heterocycles. The number of benzene rings is 2. The molecule has 1 aliphatic heterocycles. The third-order valence-electron chi connectivity index (χ3n) is 5.83. The lowest BCUT2D eigenvalue weighted by Crippen LogP contribution is -2.64. The van der Waals surface area contributed by atoms with Gasteiger partial charge in [0.15, 0.2) is 0 Å². The fourth-order valence-electron chi connectivity index (χ4n) is 4.21. The van der Waals surface area contributed by atoms with Crippen LogP contribution in [0.25, 0.3) is 0 Å². The van der Waals surface area contributed by atoms with Gasteiger partial charge in [0, 0.05) is 11.6 Å². The van der Waals surface area contributed by atoms with E-state index in [2.05, 4.69) is 4.99 Å². The van der Waals surface area contributed by atoms with Crippen molar-refractivity contribution >= 4 is 17.6 Å². The van der Waals surface area contributed by atoms with E-state index < -0.39 is 41.1 Å². The lowest BCUT2D eigenvalue weighted by molar-refractivity contribution is -0.197. The van der Waals surface area contributed by atoms with Crippen LogP contribution in [0, 0.1) is 5.82 Å². The Hall–Kier alpha value is -3.23. The van der Waals surface area contributed by atoms with Crippen LogP contribution in [0.1, 0.15) is 48.0 Å². The van der Waals surface area contributed by atoms with E-state index in [0.717, 1.165) is 36.3 Å². The van der Waals surface area contributed by atoms with E-state index in [0.29, 0.717) is 18.4 Å². The Morgan fingerprint density at radius 2 is 1.62 bits per heavy atom. The third-order valence-corrected chi connectivity index (χ3v) is 5.83. The smallest absolute Gasteiger partial charge is 0.312 e. The van der Waals surface area contributed by atoms with Crippen molar-refractivity contribution in [2.45, 2.75) is 50.0 Å². The second kappa shape index (κ2) is 8.37. The molecule has 2 aromatic rings. The maximum absolute atomic E-state index is 14.4. The first-order valence-electron chi connectivity index (χ1n) is 10.4. The summed E-state index contributed by atoms with van der Waals surface area (Å²) in [6.07, 6.45) is -1.69. The highest BCUT2D eigenvalue weighted by molar-refractivity contribution is 6.17. The van der Waals surface area contributed by atoms with E-state index in [1.807, 2.05) is 0 Å². The molecule has 0 unspecified atom stereocenters. The van der Waals surface area contributed by atoms with Crippen LogP contribution in [0.4, 0.5) is 17.6 Å². The lowest BCUT2D eigenvalue weighted by Gasteiger charge is -2.34. The van der Waals surface area contributed by atoms with E-state index in [1.165, 1.54) is 12.1 Å². The molecule has 2 aromatic carbocycles. The molecule has 0 aromatic heterocycles. The van der Waals surface area contributed by atoms with Gasteiger partial charge in [-0.1, -0.05) is 61.7 Å². The molecule has 1 aliphatic carbocycles. The molecule has 5 nitrogen and oxygen atoms in total. The summed E-state index contributed by atoms with van der Waals surface area (Å²) in [7, 11) is 0. The molecule has 9 heteroatoms. The van der Waals surface area contributed by atoms with Crippen LogP contribution in [0.15, 0.2) is 59.6 Å². The van der Waals surface area contributed by atoms with Gasteiger partial charge in [-0.25, -0.2) is 9.38 Å². The van der Waals surface area contributed by atoms with E-state index >= 15 is 0 Å². The zero-order chi connectivity index (χ0) is 22.9. The van der Waals surface area contributed by atoms with Crippen molar-refractivity contribution in [3.63, 3.8) is 0 Å². The second-order valence-electron chi connectivity index (χ2n) is 7.91. The molecule has 1 atom stereocenters. The fraction of sp³-hybridized carbons (Fsp3) is 0.348. The quantitative estimate of drug-likeness (QED) is 0.705. The van der Waals surface area contributed by atoms with Crippen LogP contribution in [0.5, 0.6) is 0 Å². The van der Waals surface area contributed by atoms with Gasteiger partial charge in [-0.3, -0.25) is 14.5 Å². The predicted molar refractivity (Wildman–Crippen MR) is 109 cm³/mol. The van der Waals surface area contributed by atoms with E-state index in [1.54, 1.807) is 35.6 Å². The molecule has 0 saturated heterocycles. The van der Waals surface area contributed by atoms with Crippen LogP contribution in [-0.2, 0) is 4.79 Å². The highest BCUT2D eigenvalue weighted by atomic mass is 19.4. The zero-order valence-corrected chi connectivity index (χ0v) is 17.0. The highest BCUT2D eigenvalue weighted by Crippen LogP contribution is 2.41. The summed E-state index contributed by atoms with van der Waals surface area (Å²) in [5.41, 5.74) is -3.80. The predicted octanol–water partition coefficient (Wildman–Crippen LogP) is 4.44. The molecular formula is C23H21F4N3O2. The molecule has 0 bridgehead atoms. The van der Waals surface area contributed by atoms with E-state index in [9.17, 15) is 27.2 Å². The van der Waals surface area contributed by atoms with Gasteiger partial charge < -0.3 is 5.32 Å². The molecule has 1 saturated carbocycles. The number of alkyl halides is 3. The highest BCUT2D eigenvalue weighted by Gasteiger charge is 2.68. The Morgan fingerprint density at radius 1 is 1.00 bits per heavy atom. The molecule has 1 N–H and O–H groups in total. The minimum atomic E-state index is -5.24. The minimum Gasteiger partial charge on any atom is -0.312 e. The zero-order valence-electron chi connectivity index (χ0n) is 17.0. The molecule has 0 spiro atoms. The Bertz CT molecular complexity index is 1050. The first-order chi connectivity index (χ1) is 15.2. The summed E-state index contributed by atoms with van der Waals surface area (Å²) in [6, 6.07) is 12.3. The van der Waals surface area contributed by atoms with Crippen molar-refractivity contribution in [3.05, 3.63) is 71.5 Å². The Kier molecular flexibility index (Phi) is 5.75.